The van der Waals surface area contributed by atoms with Gasteiger partial charge in [-0.15, -0.1) is 0 Å². The number of hydrogen-bond donors (Lipinski definition) is 1. The number of benzene rings is 1. The summed E-state index contributed by atoms with van der Waals surface area (Å²) in [6, 6.07) is 8.87. The van der Waals surface area contributed by atoms with Gasteiger partial charge in [-0.25, -0.2) is 0 Å². The first-order valence-corrected chi connectivity index (χ1v) is 6.92. The van der Waals surface area contributed by atoms with E-state index in [4.69, 9.17) is 4.74 Å². The Labute approximate surface area is 112 Å². The molecule has 1 atom stereocenters. The Kier molecular flexibility index (Phi) is 5.67. The molecule has 0 aliphatic rings. The van der Waals surface area contributed by atoms with Crippen molar-refractivity contribution in [2.24, 2.45) is 5.41 Å². The van der Waals surface area contributed by atoms with E-state index >= 15 is 0 Å². The van der Waals surface area contributed by atoms with E-state index in [1.54, 1.807) is 0 Å². The van der Waals surface area contributed by atoms with E-state index in [9.17, 15) is 0 Å². The van der Waals surface area contributed by atoms with Gasteiger partial charge in [0.05, 0.1) is 6.61 Å². The van der Waals surface area contributed by atoms with Gasteiger partial charge in [-0.05, 0) is 36.5 Å². The Balaban J connectivity index is 2.64. The normalized spacial score (nSPS) is 13.4. The zero-order valence-corrected chi connectivity index (χ0v) is 12.4. The quantitative estimate of drug-likeness (QED) is 0.817. The molecule has 0 bridgehead atoms. The molecule has 2 heteroatoms. The van der Waals surface area contributed by atoms with Crippen molar-refractivity contribution in [3.63, 3.8) is 0 Å². The highest BCUT2D eigenvalue weighted by molar-refractivity contribution is 5.29. The predicted molar refractivity (Wildman–Crippen MR) is 78.1 cm³/mol. The van der Waals surface area contributed by atoms with E-state index in [1.807, 2.05) is 6.92 Å². The molecule has 102 valence electrons. The number of rotatable bonds is 6. The van der Waals surface area contributed by atoms with Crippen molar-refractivity contribution in [3.8, 4) is 5.75 Å². The lowest BCUT2D eigenvalue weighted by molar-refractivity contribution is 0.338. The molecule has 1 aromatic carbocycles. The Hall–Kier alpha value is -1.02. The highest BCUT2D eigenvalue weighted by atomic mass is 16.5. The molecule has 0 aliphatic heterocycles. The molecule has 0 aromatic heterocycles. The van der Waals surface area contributed by atoms with Crippen LogP contribution in [-0.2, 0) is 0 Å². The average molecular weight is 249 g/mol. The minimum atomic E-state index is 0.318. The van der Waals surface area contributed by atoms with Crippen molar-refractivity contribution in [3.05, 3.63) is 29.8 Å². The summed E-state index contributed by atoms with van der Waals surface area (Å²) in [4.78, 5) is 0. The highest BCUT2D eigenvalue weighted by Gasteiger charge is 2.14. The fourth-order valence-corrected chi connectivity index (χ4v) is 1.89. The summed E-state index contributed by atoms with van der Waals surface area (Å²) in [7, 11) is 0. The topological polar surface area (TPSA) is 21.3 Å². The minimum Gasteiger partial charge on any atom is -0.494 e. The molecule has 0 heterocycles. The Morgan fingerprint density at radius 2 is 1.72 bits per heavy atom. The molecule has 1 unspecified atom stereocenters. The maximum atomic E-state index is 5.47. The van der Waals surface area contributed by atoms with Gasteiger partial charge in [0.15, 0.2) is 0 Å². The lowest BCUT2D eigenvalue weighted by Gasteiger charge is -2.24. The van der Waals surface area contributed by atoms with Crippen molar-refractivity contribution < 1.29 is 4.74 Å². The predicted octanol–water partition coefficient (Wildman–Crippen LogP) is 4.17. The zero-order valence-electron chi connectivity index (χ0n) is 12.4. The van der Waals surface area contributed by atoms with Gasteiger partial charge in [0.1, 0.15) is 5.75 Å². The number of ether oxygens (including phenoxy) is 1. The summed E-state index contributed by atoms with van der Waals surface area (Å²) in [6.07, 6.45) is 1.10. The molecule has 1 aromatic rings. The van der Waals surface area contributed by atoms with Gasteiger partial charge >= 0.3 is 0 Å². The fourth-order valence-electron chi connectivity index (χ4n) is 1.89. The first kappa shape index (κ1) is 15.0. The summed E-state index contributed by atoms with van der Waals surface area (Å²) in [5.41, 5.74) is 1.66. The van der Waals surface area contributed by atoms with Gasteiger partial charge in [0.25, 0.3) is 0 Å². The molecule has 0 aliphatic carbocycles. The standard InChI is InChI=1S/C16H27NO/c1-6-15(17-12-16(3,4)5)13-8-10-14(11-9-13)18-7-2/h8-11,15,17H,6-7,12H2,1-5H3. The highest BCUT2D eigenvalue weighted by Crippen LogP contribution is 2.22. The molecule has 0 saturated heterocycles. The summed E-state index contributed by atoms with van der Waals surface area (Å²) < 4.78 is 5.47. The third-order valence-electron chi connectivity index (χ3n) is 2.88. The van der Waals surface area contributed by atoms with Gasteiger partial charge in [0, 0.05) is 12.6 Å². The fraction of sp³-hybridized carbons (Fsp3) is 0.625. The SMILES string of the molecule is CCOc1ccc(C(CC)NCC(C)(C)C)cc1. The van der Waals surface area contributed by atoms with Gasteiger partial charge in [-0.3, -0.25) is 0 Å². The van der Waals surface area contributed by atoms with Crippen molar-refractivity contribution in [2.45, 2.75) is 47.1 Å². The summed E-state index contributed by atoms with van der Waals surface area (Å²) in [5, 5.41) is 3.64. The van der Waals surface area contributed by atoms with E-state index in [0.29, 0.717) is 11.5 Å². The van der Waals surface area contributed by atoms with Crippen molar-refractivity contribution in [1.29, 1.82) is 0 Å². The second-order valence-corrected chi connectivity index (χ2v) is 5.90. The molecule has 0 spiro atoms. The van der Waals surface area contributed by atoms with Gasteiger partial charge in [-0.2, -0.15) is 0 Å². The first-order chi connectivity index (χ1) is 8.46. The zero-order chi connectivity index (χ0) is 13.6. The van der Waals surface area contributed by atoms with E-state index in [1.165, 1.54) is 5.56 Å². The maximum absolute atomic E-state index is 5.47. The van der Waals surface area contributed by atoms with Crippen molar-refractivity contribution >= 4 is 0 Å². The summed E-state index contributed by atoms with van der Waals surface area (Å²) in [6.45, 7) is 12.7. The monoisotopic (exact) mass is 249 g/mol. The Morgan fingerprint density at radius 3 is 2.17 bits per heavy atom. The molecule has 0 saturated carbocycles. The second-order valence-electron chi connectivity index (χ2n) is 5.90. The van der Waals surface area contributed by atoms with Crippen LogP contribution in [0.25, 0.3) is 0 Å². The number of hydrogen-bond acceptors (Lipinski definition) is 2. The van der Waals surface area contributed by atoms with Crippen LogP contribution < -0.4 is 10.1 Å². The third-order valence-corrected chi connectivity index (χ3v) is 2.88. The summed E-state index contributed by atoms with van der Waals surface area (Å²) in [5.74, 6) is 0.951. The van der Waals surface area contributed by atoms with Crippen LogP contribution in [0.4, 0.5) is 0 Å². The van der Waals surface area contributed by atoms with E-state index in [-0.39, 0.29) is 0 Å². The maximum Gasteiger partial charge on any atom is 0.119 e. The molecule has 0 radical (unpaired) electrons. The largest absolute Gasteiger partial charge is 0.494 e. The molecule has 2 nitrogen and oxygen atoms in total. The number of nitrogens with one attached hydrogen (secondary N) is 1. The van der Waals surface area contributed by atoms with E-state index in [2.05, 4.69) is 57.3 Å². The van der Waals surface area contributed by atoms with Gasteiger partial charge in [0.2, 0.25) is 0 Å². The molecule has 1 N–H and O–H groups in total. The molecule has 18 heavy (non-hydrogen) atoms. The first-order valence-electron chi connectivity index (χ1n) is 6.92. The molecular formula is C16H27NO. The van der Waals surface area contributed by atoms with Gasteiger partial charge in [-0.1, -0.05) is 39.8 Å². The van der Waals surface area contributed by atoms with Gasteiger partial charge < -0.3 is 10.1 Å². The smallest absolute Gasteiger partial charge is 0.119 e. The van der Waals surface area contributed by atoms with Crippen molar-refractivity contribution in [1.82, 2.24) is 5.32 Å². The lowest BCUT2D eigenvalue weighted by Crippen LogP contribution is -2.30. The van der Waals surface area contributed by atoms with Crippen LogP contribution in [0, 0.1) is 5.41 Å². The van der Waals surface area contributed by atoms with E-state index < -0.39 is 0 Å². The van der Waals surface area contributed by atoms with Crippen LogP contribution in [0.3, 0.4) is 0 Å². The Bertz CT molecular complexity index is 337. The lowest BCUT2D eigenvalue weighted by atomic mass is 9.95. The molecule has 0 amide bonds. The van der Waals surface area contributed by atoms with Crippen LogP contribution in [0.1, 0.15) is 52.6 Å². The van der Waals surface area contributed by atoms with Crippen LogP contribution in [-0.4, -0.2) is 13.2 Å². The summed E-state index contributed by atoms with van der Waals surface area (Å²) >= 11 is 0. The molecule has 1 rings (SSSR count). The minimum absolute atomic E-state index is 0.318. The molecular weight excluding hydrogens is 222 g/mol. The average Bonchev–Trinajstić information content (AvgIpc) is 2.31. The third kappa shape index (κ3) is 5.09. The van der Waals surface area contributed by atoms with Crippen LogP contribution >= 0.6 is 0 Å². The molecule has 0 fully saturated rings. The van der Waals surface area contributed by atoms with Crippen LogP contribution in [0.2, 0.25) is 0 Å². The van der Waals surface area contributed by atoms with Crippen LogP contribution in [0.5, 0.6) is 5.75 Å². The Morgan fingerprint density at radius 1 is 1.11 bits per heavy atom. The second kappa shape index (κ2) is 6.79. The van der Waals surface area contributed by atoms with E-state index in [0.717, 1.165) is 25.3 Å². The van der Waals surface area contributed by atoms with Crippen LogP contribution in [0.15, 0.2) is 24.3 Å². The van der Waals surface area contributed by atoms with Crippen molar-refractivity contribution in [2.75, 3.05) is 13.2 Å².